The second-order valence-corrected chi connectivity index (χ2v) is 6.32. The van der Waals surface area contributed by atoms with E-state index in [1.54, 1.807) is 18.2 Å². The van der Waals surface area contributed by atoms with Gasteiger partial charge in [-0.15, -0.1) is 0 Å². The molecule has 2 aromatic rings. The van der Waals surface area contributed by atoms with Gasteiger partial charge in [0.2, 0.25) is 5.91 Å². The fourth-order valence-electron chi connectivity index (χ4n) is 2.95. The quantitative estimate of drug-likeness (QED) is 0.906. The summed E-state index contributed by atoms with van der Waals surface area (Å²) in [5, 5.41) is 13.7. The van der Waals surface area contributed by atoms with Crippen molar-refractivity contribution in [3.63, 3.8) is 0 Å². The molecule has 1 saturated heterocycles. The highest BCUT2D eigenvalue weighted by atomic mass is 16.3. The first-order valence-electron chi connectivity index (χ1n) is 8.05. The number of aromatic nitrogens is 2. The van der Waals surface area contributed by atoms with Crippen molar-refractivity contribution in [2.24, 2.45) is 5.92 Å². The van der Waals surface area contributed by atoms with E-state index < -0.39 is 0 Å². The van der Waals surface area contributed by atoms with E-state index in [9.17, 15) is 9.90 Å². The molecule has 23 heavy (non-hydrogen) atoms. The molecule has 2 heterocycles. The van der Waals surface area contributed by atoms with E-state index in [1.165, 1.54) is 6.33 Å². The first-order chi connectivity index (χ1) is 11.1. The smallest absolute Gasteiger partial charge is 0.245 e. The Morgan fingerprint density at radius 2 is 2.00 bits per heavy atom. The van der Waals surface area contributed by atoms with Gasteiger partial charge in [-0.3, -0.25) is 4.79 Å². The molecule has 0 radical (unpaired) electrons. The molecular weight excluding hydrogens is 292 g/mol. The fraction of sp³-hybridized carbons (Fsp3) is 0.471. The number of phenolic OH excluding ortho intramolecular Hbond substituents is 1. The predicted octanol–water partition coefficient (Wildman–Crippen LogP) is 2.39. The number of hydrogen-bond donors (Lipinski definition) is 2. The lowest BCUT2D eigenvalue weighted by Crippen LogP contribution is -2.44. The average molecular weight is 314 g/mol. The molecule has 6 heteroatoms. The van der Waals surface area contributed by atoms with Crippen LogP contribution in [0.1, 0.15) is 26.7 Å². The lowest BCUT2D eigenvalue weighted by molar-refractivity contribution is -0.131. The van der Waals surface area contributed by atoms with E-state index in [0.29, 0.717) is 11.2 Å². The number of anilines is 1. The van der Waals surface area contributed by atoms with Gasteiger partial charge in [-0.1, -0.05) is 13.8 Å². The Balaban J connectivity index is 1.91. The number of aromatic hydroxyl groups is 1. The maximum absolute atomic E-state index is 12.8. The molecular formula is C17H22N4O2. The van der Waals surface area contributed by atoms with Gasteiger partial charge in [0.1, 0.15) is 23.9 Å². The van der Waals surface area contributed by atoms with Crippen molar-refractivity contribution in [1.29, 1.82) is 0 Å². The van der Waals surface area contributed by atoms with Crippen LogP contribution in [0.25, 0.3) is 10.9 Å². The first kappa shape index (κ1) is 15.5. The topological polar surface area (TPSA) is 78.4 Å². The van der Waals surface area contributed by atoms with Gasteiger partial charge in [0.05, 0.1) is 5.52 Å². The second-order valence-electron chi connectivity index (χ2n) is 6.32. The van der Waals surface area contributed by atoms with Crippen molar-refractivity contribution in [3.8, 4) is 5.75 Å². The number of phenols is 1. The van der Waals surface area contributed by atoms with Crippen LogP contribution in [0.4, 0.5) is 5.82 Å². The van der Waals surface area contributed by atoms with Crippen LogP contribution in [0, 0.1) is 5.92 Å². The molecule has 1 fully saturated rings. The number of nitrogens with zero attached hydrogens (tertiary/aromatic N) is 3. The predicted molar refractivity (Wildman–Crippen MR) is 89.3 cm³/mol. The maximum Gasteiger partial charge on any atom is 0.245 e. The van der Waals surface area contributed by atoms with Crippen molar-refractivity contribution in [3.05, 3.63) is 24.5 Å². The van der Waals surface area contributed by atoms with Crippen molar-refractivity contribution in [2.45, 2.75) is 32.7 Å². The summed E-state index contributed by atoms with van der Waals surface area (Å²) >= 11 is 0. The van der Waals surface area contributed by atoms with Gasteiger partial charge in [0.15, 0.2) is 0 Å². The van der Waals surface area contributed by atoms with Gasteiger partial charge in [-0.25, -0.2) is 9.97 Å². The summed E-state index contributed by atoms with van der Waals surface area (Å²) in [5.74, 6) is 0.981. The fourth-order valence-corrected chi connectivity index (χ4v) is 2.95. The zero-order chi connectivity index (χ0) is 16.4. The molecule has 122 valence electrons. The summed E-state index contributed by atoms with van der Waals surface area (Å²) in [7, 11) is 0. The summed E-state index contributed by atoms with van der Waals surface area (Å²) in [5.41, 5.74) is 0.733. The summed E-state index contributed by atoms with van der Waals surface area (Å²) in [6.07, 6.45) is 3.61. The van der Waals surface area contributed by atoms with Crippen molar-refractivity contribution in [2.75, 3.05) is 18.4 Å². The molecule has 1 aliphatic rings. The van der Waals surface area contributed by atoms with Gasteiger partial charge in [-0.05, 0) is 37.0 Å². The Bertz CT molecular complexity index is 711. The molecule has 3 rings (SSSR count). The third-order valence-corrected chi connectivity index (χ3v) is 4.26. The zero-order valence-corrected chi connectivity index (χ0v) is 13.5. The summed E-state index contributed by atoms with van der Waals surface area (Å²) in [6, 6.07) is 4.61. The number of amides is 1. The Morgan fingerprint density at radius 3 is 2.70 bits per heavy atom. The average Bonchev–Trinajstić information content (AvgIpc) is 3.06. The van der Waals surface area contributed by atoms with Crippen LogP contribution < -0.4 is 5.32 Å². The van der Waals surface area contributed by atoms with E-state index in [1.807, 2.05) is 18.7 Å². The number of likely N-dealkylation sites (tertiary alicyclic amines) is 1. The van der Waals surface area contributed by atoms with E-state index in [4.69, 9.17) is 0 Å². The SMILES string of the molecule is CC(C)[C@H](Nc1ncnc2ccc(O)cc12)C(=O)N1CCCC1. The molecule has 1 atom stereocenters. The molecule has 1 aromatic carbocycles. The monoisotopic (exact) mass is 314 g/mol. The lowest BCUT2D eigenvalue weighted by atomic mass is 10.0. The van der Waals surface area contributed by atoms with Crippen LogP contribution in [-0.2, 0) is 4.79 Å². The normalized spacial score (nSPS) is 16.0. The maximum atomic E-state index is 12.8. The molecule has 0 bridgehead atoms. The van der Waals surface area contributed by atoms with Crippen molar-refractivity contribution >= 4 is 22.6 Å². The molecule has 2 N–H and O–H groups in total. The van der Waals surface area contributed by atoms with Gasteiger partial charge in [-0.2, -0.15) is 0 Å². The van der Waals surface area contributed by atoms with Crippen molar-refractivity contribution < 1.29 is 9.90 Å². The molecule has 0 spiro atoms. The van der Waals surface area contributed by atoms with Crippen LogP contribution in [0.2, 0.25) is 0 Å². The second kappa shape index (κ2) is 6.40. The number of benzene rings is 1. The molecule has 1 amide bonds. The largest absolute Gasteiger partial charge is 0.508 e. The minimum absolute atomic E-state index is 0.115. The van der Waals surface area contributed by atoms with Gasteiger partial charge in [0, 0.05) is 18.5 Å². The van der Waals surface area contributed by atoms with Gasteiger partial charge < -0.3 is 15.3 Å². The van der Waals surface area contributed by atoms with Crippen LogP contribution in [0.3, 0.4) is 0 Å². The van der Waals surface area contributed by atoms with Gasteiger partial charge in [0.25, 0.3) is 0 Å². The summed E-state index contributed by atoms with van der Waals surface area (Å²) in [4.78, 5) is 23.2. The first-order valence-corrected chi connectivity index (χ1v) is 8.05. The highest BCUT2D eigenvalue weighted by Gasteiger charge is 2.29. The number of hydrogen-bond acceptors (Lipinski definition) is 5. The third kappa shape index (κ3) is 3.21. The van der Waals surface area contributed by atoms with E-state index in [-0.39, 0.29) is 23.6 Å². The minimum Gasteiger partial charge on any atom is -0.508 e. The number of rotatable bonds is 4. The van der Waals surface area contributed by atoms with E-state index >= 15 is 0 Å². The Hall–Kier alpha value is -2.37. The van der Waals surface area contributed by atoms with Crippen LogP contribution in [0.5, 0.6) is 5.75 Å². The van der Waals surface area contributed by atoms with Crippen LogP contribution in [0.15, 0.2) is 24.5 Å². The lowest BCUT2D eigenvalue weighted by Gasteiger charge is -2.27. The highest BCUT2D eigenvalue weighted by Crippen LogP contribution is 2.25. The van der Waals surface area contributed by atoms with Crippen molar-refractivity contribution in [1.82, 2.24) is 14.9 Å². The standard InChI is InChI=1S/C17H22N4O2/c1-11(2)15(17(23)21-7-3-4-8-21)20-16-13-9-12(22)5-6-14(13)18-10-19-16/h5-6,9-11,15,22H,3-4,7-8H2,1-2H3,(H,18,19,20)/t15-/m0/s1. The molecule has 0 aliphatic carbocycles. The van der Waals surface area contributed by atoms with Crippen LogP contribution >= 0.6 is 0 Å². The zero-order valence-electron chi connectivity index (χ0n) is 13.5. The number of nitrogens with one attached hydrogen (secondary N) is 1. The minimum atomic E-state index is -0.339. The summed E-state index contributed by atoms with van der Waals surface area (Å²) in [6.45, 7) is 5.70. The molecule has 0 saturated carbocycles. The van der Waals surface area contributed by atoms with Crippen LogP contribution in [-0.4, -0.2) is 45.0 Å². The molecule has 1 aliphatic heterocycles. The Kier molecular flexibility index (Phi) is 4.32. The highest BCUT2D eigenvalue weighted by molar-refractivity contribution is 5.93. The number of carbonyl (C=O) groups is 1. The summed E-state index contributed by atoms with van der Waals surface area (Å²) < 4.78 is 0. The molecule has 0 unspecified atom stereocenters. The van der Waals surface area contributed by atoms with E-state index in [2.05, 4.69) is 15.3 Å². The van der Waals surface area contributed by atoms with Gasteiger partial charge >= 0.3 is 0 Å². The third-order valence-electron chi connectivity index (χ3n) is 4.26. The Labute approximate surface area is 135 Å². The van der Waals surface area contributed by atoms with E-state index in [0.717, 1.165) is 31.4 Å². The molecule has 6 nitrogen and oxygen atoms in total. The number of fused-ring (bicyclic) bond motifs is 1. The Morgan fingerprint density at radius 1 is 1.26 bits per heavy atom. The number of carbonyl (C=O) groups excluding carboxylic acids is 1. The molecule has 1 aromatic heterocycles.